The Morgan fingerprint density at radius 1 is 1.34 bits per heavy atom. The maximum Gasteiger partial charge on any atom is 0.311 e. The molecule has 2 heterocycles. The van der Waals surface area contributed by atoms with E-state index in [1.807, 2.05) is 17.7 Å². The number of halogens is 1. The van der Waals surface area contributed by atoms with E-state index in [1.165, 1.54) is 16.9 Å². The molecule has 0 spiro atoms. The summed E-state index contributed by atoms with van der Waals surface area (Å²) < 4.78 is 21.7. The van der Waals surface area contributed by atoms with Gasteiger partial charge in [-0.3, -0.25) is 19.6 Å². The summed E-state index contributed by atoms with van der Waals surface area (Å²) in [6.07, 6.45) is 3.93. The van der Waals surface area contributed by atoms with E-state index in [2.05, 4.69) is 15.5 Å². The van der Waals surface area contributed by atoms with Crippen molar-refractivity contribution in [3.63, 3.8) is 0 Å². The monoisotopic (exact) mass is 402 g/mol. The molecule has 0 unspecified atom stereocenters. The second-order valence-electron chi connectivity index (χ2n) is 6.19. The largest absolute Gasteiger partial charge is 0.464 e. The zero-order chi connectivity index (χ0) is 20.8. The summed E-state index contributed by atoms with van der Waals surface area (Å²) in [6, 6.07) is 6.34. The van der Waals surface area contributed by atoms with Gasteiger partial charge in [0.15, 0.2) is 6.73 Å². The Labute approximate surface area is 165 Å². The normalized spacial score (nSPS) is 10.7. The van der Waals surface area contributed by atoms with Crippen molar-refractivity contribution < 1.29 is 18.8 Å². The van der Waals surface area contributed by atoms with Crippen LogP contribution < -0.4 is 10.1 Å². The lowest BCUT2D eigenvalue weighted by atomic mass is 10.3. The third kappa shape index (κ3) is 5.15. The number of hydrogen-bond acceptors (Lipinski definition) is 6. The Morgan fingerprint density at radius 3 is 2.90 bits per heavy atom. The van der Waals surface area contributed by atoms with Crippen LogP contribution in [0.25, 0.3) is 0 Å². The molecule has 1 aromatic carbocycles. The molecule has 0 fully saturated rings. The van der Waals surface area contributed by atoms with E-state index in [-0.39, 0.29) is 29.8 Å². The van der Waals surface area contributed by atoms with E-state index in [0.29, 0.717) is 19.5 Å². The van der Waals surface area contributed by atoms with Crippen molar-refractivity contribution in [2.45, 2.75) is 26.6 Å². The minimum atomic E-state index is -0.665. The first kappa shape index (κ1) is 20.0. The first-order valence-electron chi connectivity index (χ1n) is 8.81. The van der Waals surface area contributed by atoms with Crippen molar-refractivity contribution in [3.05, 3.63) is 70.0 Å². The number of nitrogens with one attached hydrogen (secondary N) is 1. The van der Waals surface area contributed by atoms with Crippen molar-refractivity contribution in [3.8, 4) is 5.75 Å². The zero-order valence-corrected chi connectivity index (χ0v) is 15.6. The molecule has 11 heteroatoms. The highest BCUT2D eigenvalue weighted by atomic mass is 19.1. The summed E-state index contributed by atoms with van der Waals surface area (Å²) >= 11 is 0. The number of nitro benzene ring substituents is 1. The van der Waals surface area contributed by atoms with Gasteiger partial charge in [0.2, 0.25) is 5.75 Å². The van der Waals surface area contributed by atoms with Crippen LogP contribution in [-0.2, 0) is 13.3 Å². The zero-order valence-electron chi connectivity index (χ0n) is 15.6. The predicted octanol–water partition coefficient (Wildman–Crippen LogP) is 2.29. The van der Waals surface area contributed by atoms with Crippen LogP contribution in [0.1, 0.15) is 22.6 Å². The van der Waals surface area contributed by atoms with E-state index in [0.717, 1.165) is 23.9 Å². The standard InChI is InChI=1S/C18H19FN6O4/c1-13-5-8-21-24(13)9-2-7-20-18(26)15-6-10-23(22-15)12-29-17-11-14(19)3-4-16(17)25(27)28/h3-6,8,10-11H,2,7,9,12H2,1H3,(H,20,26). The number of ether oxygens (including phenoxy) is 1. The number of hydrogen-bond donors (Lipinski definition) is 1. The number of aryl methyl sites for hydroxylation is 2. The Kier molecular flexibility index (Phi) is 6.17. The highest BCUT2D eigenvalue weighted by Crippen LogP contribution is 2.27. The summed E-state index contributed by atoms with van der Waals surface area (Å²) in [6.45, 7) is 2.89. The number of nitro groups is 1. The molecular formula is C18H19FN6O4. The van der Waals surface area contributed by atoms with E-state index < -0.39 is 10.7 Å². The average Bonchev–Trinajstić information content (AvgIpc) is 3.32. The van der Waals surface area contributed by atoms with Crippen LogP contribution in [0.15, 0.2) is 42.7 Å². The lowest BCUT2D eigenvalue weighted by Gasteiger charge is -2.07. The van der Waals surface area contributed by atoms with Crippen molar-refractivity contribution >= 4 is 11.6 Å². The van der Waals surface area contributed by atoms with Gasteiger partial charge in [0.05, 0.1) is 4.92 Å². The quantitative estimate of drug-likeness (QED) is 0.333. The van der Waals surface area contributed by atoms with Crippen molar-refractivity contribution in [1.82, 2.24) is 24.9 Å². The van der Waals surface area contributed by atoms with Crippen molar-refractivity contribution in [2.24, 2.45) is 0 Å². The highest BCUT2D eigenvalue weighted by molar-refractivity contribution is 5.92. The highest BCUT2D eigenvalue weighted by Gasteiger charge is 2.16. The number of benzene rings is 1. The lowest BCUT2D eigenvalue weighted by molar-refractivity contribution is -0.386. The Morgan fingerprint density at radius 2 is 2.17 bits per heavy atom. The fourth-order valence-electron chi connectivity index (χ4n) is 2.60. The Bertz CT molecular complexity index is 1020. The molecule has 0 aliphatic carbocycles. The topological polar surface area (TPSA) is 117 Å². The molecule has 3 rings (SSSR count). The maximum absolute atomic E-state index is 13.3. The fraction of sp³-hybridized carbons (Fsp3) is 0.278. The molecule has 0 bridgehead atoms. The van der Waals surface area contributed by atoms with Crippen LogP contribution in [0.5, 0.6) is 5.75 Å². The van der Waals surface area contributed by atoms with Crippen LogP contribution in [-0.4, -0.2) is 36.9 Å². The van der Waals surface area contributed by atoms with Gasteiger partial charge in [-0.05, 0) is 31.5 Å². The molecule has 0 aliphatic heterocycles. The molecule has 3 aromatic rings. The lowest BCUT2D eigenvalue weighted by Crippen LogP contribution is -2.26. The number of rotatable bonds is 9. The summed E-state index contributed by atoms with van der Waals surface area (Å²) in [4.78, 5) is 22.5. The molecule has 1 amide bonds. The van der Waals surface area contributed by atoms with Gasteiger partial charge in [-0.15, -0.1) is 0 Å². The maximum atomic E-state index is 13.3. The predicted molar refractivity (Wildman–Crippen MR) is 99.8 cm³/mol. The molecule has 2 aromatic heterocycles. The molecule has 0 radical (unpaired) electrons. The van der Waals surface area contributed by atoms with Gasteiger partial charge in [-0.1, -0.05) is 0 Å². The van der Waals surface area contributed by atoms with Gasteiger partial charge in [0.1, 0.15) is 11.5 Å². The third-order valence-corrected chi connectivity index (χ3v) is 4.11. The van der Waals surface area contributed by atoms with Crippen LogP contribution in [0.3, 0.4) is 0 Å². The third-order valence-electron chi connectivity index (χ3n) is 4.11. The number of nitrogens with zero attached hydrogens (tertiary/aromatic N) is 5. The molecule has 0 aliphatic rings. The van der Waals surface area contributed by atoms with Crippen LogP contribution in [0, 0.1) is 22.9 Å². The smallest absolute Gasteiger partial charge is 0.311 e. The Balaban J connectivity index is 1.50. The van der Waals surface area contributed by atoms with Crippen molar-refractivity contribution in [2.75, 3.05) is 6.54 Å². The molecule has 0 saturated heterocycles. The number of carbonyl (C=O) groups excluding carboxylic acids is 1. The van der Waals surface area contributed by atoms with Gasteiger partial charge in [-0.2, -0.15) is 10.2 Å². The minimum absolute atomic E-state index is 0.178. The SMILES string of the molecule is Cc1ccnn1CCCNC(=O)c1ccn(COc2cc(F)ccc2[N+](=O)[O-])n1. The molecule has 0 atom stereocenters. The average molecular weight is 402 g/mol. The van der Waals surface area contributed by atoms with Crippen LogP contribution in [0.4, 0.5) is 10.1 Å². The van der Waals surface area contributed by atoms with Gasteiger partial charge >= 0.3 is 5.69 Å². The summed E-state index contributed by atoms with van der Waals surface area (Å²) in [5.41, 5.74) is 0.871. The van der Waals surface area contributed by atoms with E-state index in [9.17, 15) is 19.3 Å². The van der Waals surface area contributed by atoms with Gasteiger partial charge in [0.25, 0.3) is 5.91 Å². The van der Waals surface area contributed by atoms with E-state index in [1.54, 1.807) is 6.20 Å². The molecule has 152 valence electrons. The first-order chi connectivity index (χ1) is 13.9. The van der Waals surface area contributed by atoms with Crippen molar-refractivity contribution in [1.29, 1.82) is 0 Å². The molecule has 1 N–H and O–H groups in total. The van der Waals surface area contributed by atoms with Gasteiger partial charge in [0, 0.05) is 43.3 Å². The molecular weight excluding hydrogens is 383 g/mol. The van der Waals surface area contributed by atoms with Gasteiger partial charge < -0.3 is 10.1 Å². The first-order valence-corrected chi connectivity index (χ1v) is 8.81. The second-order valence-corrected chi connectivity index (χ2v) is 6.19. The fourth-order valence-corrected chi connectivity index (χ4v) is 2.60. The summed E-state index contributed by atoms with van der Waals surface area (Å²) in [5.74, 6) is -1.22. The van der Waals surface area contributed by atoms with Gasteiger partial charge in [-0.25, -0.2) is 9.07 Å². The van der Waals surface area contributed by atoms with Crippen LogP contribution in [0.2, 0.25) is 0 Å². The molecule has 29 heavy (non-hydrogen) atoms. The number of amides is 1. The number of aromatic nitrogens is 4. The summed E-state index contributed by atoms with van der Waals surface area (Å²) in [5, 5.41) is 22.0. The minimum Gasteiger partial charge on any atom is -0.464 e. The van der Waals surface area contributed by atoms with E-state index in [4.69, 9.17) is 4.74 Å². The van der Waals surface area contributed by atoms with E-state index >= 15 is 0 Å². The molecule has 0 saturated carbocycles. The second kappa shape index (κ2) is 8.95. The van der Waals surface area contributed by atoms with Crippen LogP contribution >= 0.6 is 0 Å². The Hall–Kier alpha value is -3.76. The summed E-state index contributed by atoms with van der Waals surface area (Å²) in [7, 11) is 0. The number of carbonyl (C=O) groups is 1. The molecule has 10 nitrogen and oxygen atoms in total.